The molecule has 138 valence electrons. The van der Waals surface area contributed by atoms with Crippen molar-refractivity contribution in [3.05, 3.63) is 64.4 Å². The van der Waals surface area contributed by atoms with Crippen LogP contribution < -0.4 is 15.8 Å². The minimum absolute atomic E-state index is 0.0610. The molecule has 1 amide bonds. The van der Waals surface area contributed by atoms with E-state index in [0.29, 0.717) is 22.9 Å². The Balaban J connectivity index is 1.69. The molecule has 2 aromatic rings. The van der Waals surface area contributed by atoms with Crippen molar-refractivity contribution in [1.82, 2.24) is 5.32 Å². The second-order valence-electron chi connectivity index (χ2n) is 6.54. The Morgan fingerprint density at radius 1 is 1.19 bits per heavy atom. The first-order valence-electron chi connectivity index (χ1n) is 8.72. The summed E-state index contributed by atoms with van der Waals surface area (Å²) in [4.78, 5) is 11.5. The Morgan fingerprint density at radius 2 is 1.96 bits per heavy atom. The van der Waals surface area contributed by atoms with Crippen LogP contribution in [0.25, 0.3) is 0 Å². The number of hydrogen-bond acceptors (Lipinski definition) is 3. The molecule has 0 radical (unpaired) electrons. The third-order valence-electron chi connectivity index (χ3n) is 4.81. The molecule has 4 nitrogen and oxygen atoms in total. The summed E-state index contributed by atoms with van der Waals surface area (Å²) >= 11 is 6.29. The SMILES string of the molecule is NC(=O)C1CCCC1NCc1cccc(Cl)c1OCc1ccccc1F. The molecule has 1 saturated carbocycles. The summed E-state index contributed by atoms with van der Waals surface area (Å²) in [5.74, 6) is -0.188. The Labute approximate surface area is 157 Å². The summed E-state index contributed by atoms with van der Waals surface area (Å²) in [7, 11) is 0. The van der Waals surface area contributed by atoms with Crippen molar-refractivity contribution in [3.63, 3.8) is 0 Å². The fourth-order valence-electron chi connectivity index (χ4n) is 3.41. The molecular formula is C20H22ClFN2O2. The third kappa shape index (κ3) is 4.34. The van der Waals surface area contributed by atoms with Gasteiger partial charge < -0.3 is 15.8 Å². The second kappa shape index (κ2) is 8.52. The van der Waals surface area contributed by atoms with Crippen LogP contribution >= 0.6 is 11.6 Å². The van der Waals surface area contributed by atoms with Crippen LogP contribution in [-0.2, 0) is 17.9 Å². The normalized spacial score (nSPS) is 19.5. The highest BCUT2D eigenvalue weighted by molar-refractivity contribution is 6.32. The maximum atomic E-state index is 13.8. The molecule has 1 fully saturated rings. The monoisotopic (exact) mass is 376 g/mol. The molecule has 2 atom stereocenters. The van der Waals surface area contributed by atoms with Crippen LogP contribution in [-0.4, -0.2) is 11.9 Å². The number of carbonyl (C=O) groups excluding carboxylic acids is 1. The number of ether oxygens (including phenoxy) is 1. The second-order valence-corrected chi connectivity index (χ2v) is 6.94. The van der Waals surface area contributed by atoms with E-state index in [9.17, 15) is 9.18 Å². The molecule has 0 aliphatic heterocycles. The van der Waals surface area contributed by atoms with Crippen molar-refractivity contribution < 1.29 is 13.9 Å². The summed E-state index contributed by atoms with van der Waals surface area (Å²) in [6.07, 6.45) is 2.72. The van der Waals surface area contributed by atoms with Crippen molar-refractivity contribution in [2.24, 2.45) is 11.7 Å². The van der Waals surface area contributed by atoms with Gasteiger partial charge in [-0.25, -0.2) is 4.39 Å². The van der Waals surface area contributed by atoms with Crippen LogP contribution in [0.4, 0.5) is 4.39 Å². The number of benzene rings is 2. The highest BCUT2D eigenvalue weighted by Crippen LogP contribution is 2.31. The number of amides is 1. The summed E-state index contributed by atoms with van der Waals surface area (Å²) in [6, 6.07) is 12.0. The van der Waals surface area contributed by atoms with Gasteiger partial charge in [0.05, 0.1) is 10.9 Å². The van der Waals surface area contributed by atoms with Crippen molar-refractivity contribution in [1.29, 1.82) is 0 Å². The van der Waals surface area contributed by atoms with E-state index in [1.54, 1.807) is 24.3 Å². The van der Waals surface area contributed by atoms with E-state index in [4.69, 9.17) is 22.1 Å². The molecule has 26 heavy (non-hydrogen) atoms. The first-order chi connectivity index (χ1) is 12.6. The van der Waals surface area contributed by atoms with Gasteiger partial charge in [0.2, 0.25) is 5.91 Å². The average molecular weight is 377 g/mol. The molecule has 0 spiro atoms. The van der Waals surface area contributed by atoms with Crippen LogP contribution in [0.5, 0.6) is 5.75 Å². The van der Waals surface area contributed by atoms with Gasteiger partial charge in [-0.05, 0) is 25.0 Å². The van der Waals surface area contributed by atoms with Crippen LogP contribution in [0.3, 0.4) is 0 Å². The molecule has 3 rings (SSSR count). The molecule has 6 heteroatoms. The maximum absolute atomic E-state index is 13.8. The van der Waals surface area contributed by atoms with E-state index >= 15 is 0 Å². The zero-order valence-corrected chi connectivity index (χ0v) is 15.1. The minimum Gasteiger partial charge on any atom is -0.487 e. The minimum atomic E-state index is -0.311. The van der Waals surface area contributed by atoms with E-state index in [-0.39, 0.29) is 30.3 Å². The summed E-state index contributed by atoms with van der Waals surface area (Å²) in [5.41, 5.74) is 6.81. The highest BCUT2D eigenvalue weighted by atomic mass is 35.5. The van der Waals surface area contributed by atoms with Gasteiger partial charge in [0, 0.05) is 23.7 Å². The predicted molar refractivity (Wildman–Crippen MR) is 99.3 cm³/mol. The van der Waals surface area contributed by atoms with Gasteiger partial charge in [-0.2, -0.15) is 0 Å². The number of rotatable bonds is 7. The molecule has 1 aliphatic rings. The molecular weight excluding hydrogens is 355 g/mol. The zero-order valence-electron chi connectivity index (χ0n) is 14.4. The molecule has 2 unspecified atom stereocenters. The summed E-state index contributed by atoms with van der Waals surface area (Å²) in [5, 5.41) is 3.86. The molecule has 0 aromatic heterocycles. The van der Waals surface area contributed by atoms with E-state index in [0.717, 1.165) is 24.8 Å². The van der Waals surface area contributed by atoms with Crippen molar-refractivity contribution in [2.75, 3.05) is 0 Å². The van der Waals surface area contributed by atoms with Crippen LogP contribution in [0.1, 0.15) is 30.4 Å². The molecule has 2 aromatic carbocycles. The van der Waals surface area contributed by atoms with Gasteiger partial charge in [0.15, 0.2) is 0 Å². The van der Waals surface area contributed by atoms with Crippen LogP contribution in [0, 0.1) is 11.7 Å². The van der Waals surface area contributed by atoms with Crippen LogP contribution in [0.2, 0.25) is 5.02 Å². The third-order valence-corrected chi connectivity index (χ3v) is 5.11. The fraction of sp³-hybridized carbons (Fsp3) is 0.350. The number of nitrogens with two attached hydrogens (primary N) is 1. The van der Waals surface area contributed by atoms with Gasteiger partial charge in [0.1, 0.15) is 18.2 Å². The standard InChI is InChI=1S/C20H22ClFN2O2/c21-16-8-3-6-13(11-24-18-10-4-7-15(18)20(23)25)19(16)26-12-14-5-1-2-9-17(14)22/h1-3,5-6,8-9,15,18,24H,4,7,10-12H2,(H2,23,25). The van der Waals surface area contributed by atoms with E-state index in [2.05, 4.69) is 5.32 Å². The van der Waals surface area contributed by atoms with Gasteiger partial charge >= 0.3 is 0 Å². The largest absolute Gasteiger partial charge is 0.487 e. The number of nitrogens with one attached hydrogen (secondary N) is 1. The van der Waals surface area contributed by atoms with Gasteiger partial charge in [0.25, 0.3) is 0 Å². The quantitative estimate of drug-likeness (QED) is 0.772. The molecule has 0 bridgehead atoms. The smallest absolute Gasteiger partial charge is 0.222 e. The van der Waals surface area contributed by atoms with E-state index < -0.39 is 0 Å². The van der Waals surface area contributed by atoms with Gasteiger partial charge in [-0.15, -0.1) is 0 Å². The fourth-order valence-corrected chi connectivity index (χ4v) is 3.65. The molecule has 3 N–H and O–H groups in total. The van der Waals surface area contributed by atoms with E-state index in [1.165, 1.54) is 6.07 Å². The lowest BCUT2D eigenvalue weighted by atomic mass is 10.0. The number of hydrogen-bond donors (Lipinski definition) is 2. The number of primary amides is 1. The Bertz CT molecular complexity index is 784. The van der Waals surface area contributed by atoms with Crippen LogP contribution in [0.15, 0.2) is 42.5 Å². The highest BCUT2D eigenvalue weighted by Gasteiger charge is 2.31. The first-order valence-corrected chi connectivity index (χ1v) is 9.10. The zero-order chi connectivity index (χ0) is 18.5. The Morgan fingerprint density at radius 3 is 2.73 bits per heavy atom. The molecule has 0 saturated heterocycles. The lowest BCUT2D eigenvalue weighted by molar-refractivity contribution is -0.122. The van der Waals surface area contributed by atoms with Crippen molar-refractivity contribution in [3.8, 4) is 5.75 Å². The predicted octanol–water partition coefficient (Wildman–Crippen LogP) is 3.80. The van der Waals surface area contributed by atoms with Crippen molar-refractivity contribution in [2.45, 2.75) is 38.5 Å². The maximum Gasteiger partial charge on any atom is 0.222 e. The van der Waals surface area contributed by atoms with E-state index in [1.807, 2.05) is 12.1 Å². The molecule has 1 aliphatic carbocycles. The Kier molecular flexibility index (Phi) is 6.12. The van der Waals surface area contributed by atoms with Gasteiger partial charge in [-0.1, -0.05) is 48.4 Å². The number of carbonyl (C=O) groups is 1. The lowest BCUT2D eigenvalue weighted by Gasteiger charge is -2.20. The number of halogens is 2. The lowest BCUT2D eigenvalue weighted by Crippen LogP contribution is -2.38. The molecule has 0 heterocycles. The summed E-state index contributed by atoms with van der Waals surface area (Å²) < 4.78 is 19.6. The topological polar surface area (TPSA) is 64.4 Å². The first kappa shape index (κ1) is 18.7. The van der Waals surface area contributed by atoms with Gasteiger partial charge in [-0.3, -0.25) is 4.79 Å². The summed E-state index contributed by atoms with van der Waals surface area (Å²) in [6.45, 7) is 0.596. The number of para-hydroxylation sites is 1. The Hall–Kier alpha value is -2.11. The average Bonchev–Trinajstić information content (AvgIpc) is 3.09. The van der Waals surface area contributed by atoms with Crippen molar-refractivity contribution >= 4 is 17.5 Å².